The first-order chi connectivity index (χ1) is 11.5. The lowest BCUT2D eigenvalue weighted by Crippen LogP contribution is -2.34. The number of benzene rings is 1. The molecule has 0 N–H and O–H groups in total. The smallest absolute Gasteiger partial charge is 0.206 e. The maximum Gasteiger partial charge on any atom is 0.422 e. The zero-order chi connectivity index (χ0) is 18.8. The van der Waals surface area contributed by atoms with E-state index in [4.69, 9.17) is 0 Å². The van der Waals surface area contributed by atoms with E-state index in [1.165, 1.54) is 0 Å². The number of hydrogen-bond acceptors (Lipinski definition) is 0. The van der Waals surface area contributed by atoms with Gasteiger partial charge in [0.1, 0.15) is 17.2 Å². The van der Waals surface area contributed by atoms with Crippen molar-refractivity contribution in [1.82, 2.24) is 0 Å². The van der Waals surface area contributed by atoms with Crippen molar-refractivity contribution in [3.05, 3.63) is 34.9 Å². The second kappa shape index (κ2) is 7.54. The van der Waals surface area contributed by atoms with Crippen molar-refractivity contribution in [2.75, 3.05) is 0 Å². The van der Waals surface area contributed by atoms with Crippen molar-refractivity contribution in [3.8, 4) is 0 Å². The van der Waals surface area contributed by atoms with Gasteiger partial charge in [0.25, 0.3) is 5.92 Å². The van der Waals surface area contributed by atoms with Crippen LogP contribution in [0, 0.1) is 23.5 Å². The summed E-state index contributed by atoms with van der Waals surface area (Å²) in [5.74, 6) is -7.39. The first-order valence-corrected chi connectivity index (χ1v) is 8.47. The average molecular weight is 370 g/mol. The van der Waals surface area contributed by atoms with E-state index in [-0.39, 0.29) is 0 Å². The average Bonchev–Trinajstić information content (AvgIpc) is 2.45. The van der Waals surface area contributed by atoms with E-state index in [9.17, 15) is 30.7 Å². The molecular formula is C18H21F7. The largest absolute Gasteiger partial charge is 0.422 e. The Morgan fingerprint density at radius 1 is 0.920 bits per heavy atom. The lowest BCUT2D eigenvalue weighted by molar-refractivity contribution is -0.142. The van der Waals surface area contributed by atoms with Crippen LogP contribution < -0.4 is 0 Å². The van der Waals surface area contributed by atoms with E-state index < -0.39 is 47.2 Å². The molecule has 0 aromatic heterocycles. The summed E-state index contributed by atoms with van der Waals surface area (Å²) in [6.07, 6.45) is -2.15. The molecule has 0 radical (unpaired) electrons. The molecule has 0 unspecified atom stereocenters. The van der Waals surface area contributed by atoms with Gasteiger partial charge >= 0.3 is 6.18 Å². The number of alkyl halides is 5. The minimum absolute atomic E-state index is 0.323. The van der Waals surface area contributed by atoms with Gasteiger partial charge in [-0.05, 0) is 49.3 Å². The fraction of sp³-hybridized carbons (Fsp3) is 0.667. The number of halogens is 7. The molecule has 142 valence electrons. The van der Waals surface area contributed by atoms with Gasteiger partial charge in [-0.25, -0.2) is 17.6 Å². The van der Waals surface area contributed by atoms with Gasteiger partial charge in [0.05, 0.1) is 0 Å². The minimum atomic E-state index is -5.20. The first kappa shape index (κ1) is 20.0. The van der Waals surface area contributed by atoms with Gasteiger partial charge in [-0.2, -0.15) is 13.2 Å². The van der Waals surface area contributed by atoms with Crippen molar-refractivity contribution in [1.29, 1.82) is 0 Å². The molecule has 0 saturated heterocycles. The van der Waals surface area contributed by atoms with Gasteiger partial charge in [-0.1, -0.05) is 19.8 Å². The Bertz CT molecular complexity index is 561. The quantitative estimate of drug-likeness (QED) is 0.502. The van der Waals surface area contributed by atoms with E-state index in [2.05, 4.69) is 0 Å². The fourth-order valence-electron chi connectivity index (χ4n) is 3.70. The standard InChI is InChI=1S/C18H21F7/c1-2-3-11-4-6-13(7-5-11)17(21,22)10-12-8-14(19)16(15(20)9-12)18(23,24)25/h8-9,11,13H,2-7,10H2,1H3. The maximum absolute atomic E-state index is 14.4. The highest BCUT2D eigenvalue weighted by Gasteiger charge is 2.42. The van der Waals surface area contributed by atoms with E-state index in [0.717, 1.165) is 12.8 Å². The number of hydrogen-bond donors (Lipinski definition) is 0. The van der Waals surface area contributed by atoms with Gasteiger partial charge in [-0.3, -0.25) is 0 Å². The predicted octanol–water partition coefficient (Wildman–Crippen LogP) is 6.77. The monoisotopic (exact) mass is 370 g/mol. The second-order valence-corrected chi connectivity index (χ2v) is 6.88. The molecule has 1 aromatic rings. The molecule has 1 saturated carbocycles. The van der Waals surface area contributed by atoms with Crippen LogP contribution in [0.5, 0.6) is 0 Å². The molecule has 0 spiro atoms. The van der Waals surface area contributed by atoms with E-state index in [1.807, 2.05) is 6.92 Å². The van der Waals surface area contributed by atoms with Crippen molar-refractivity contribution in [2.45, 2.75) is 64.0 Å². The van der Waals surface area contributed by atoms with Crippen molar-refractivity contribution in [2.24, 2.45) is 11.8 Å². The third-order valence-corrected chi connectivity index (χ3v) is 4.97. The topological polar surface area (TPSA) is 0 Å². The van der Waals surface area contributed by atoms with E-state index >= 15 is 0 Å². The first-order valence-electron chi connectivity index (χ1n) is 8.47. The Balaban J connectivity index is 2.11. The summed E-state index contributed by atoms with van der Waals surface area (Å²) in [5.41, 5.74) is -2.50. The fourth-order valence-corrected chi connectivity index (χ4v) is 3.70. The molecule has 0 atom stereocenters. The zero-order valence-electron chi connectivity index (χ0n) is 13.9. The Hall–Kier alpha value is -1.27. The third-order valence-electron chi connectivity index (χ3n) is 4.97. The Kier molecular flexibility index (Phi) is 6.05. The van der Waals surface area contributed by atoms with E-state index in [1.54, 1.807) is 0 Å². The van der Waals surface area contributed by atoms with Crippen LogP contribution in [0.15, 0.2) is 12.1 Å². The molecule has 0 nitrogen and oxygen atoms in total. The molecule has 0 bridgehead atoms. The molecule has 1 aliphatic carbocycles. The van der Waals surface area contributed by atoms with Crippen molar-refractivity contribution in [3.63, 3.8) is 0 Å². The summed E-state index contributed by atoms with van der Waals surface area (Å²) in [6, 6.07) is 0.727. The van der Waals surface area contributed by atoms with Crippen molar-refractivity contribution < 1.29 is 30.7 Å². The van der Waals surface area contributed by atoms with Crippen LogP contribution >= 0.6 is 0 Å². The SMILES string of the molecule is CCCC1CCC(C(F)(F)Cc2cc(F)c(C(F)(F)F)c(F)c2)CC1. The molecular weight excluding hydrogens is 349 g/mol. The Morgan fingerprint density at radius 2 is 1.44 bits per heavy atom. The summed E-state index contributed by atoms with van der Waals surface area (Å²) in [6.45, 7) is 2.04. The highest BCUT2D eigenvalue weighted by molar-refractivity contribution is 5.29. The number of rotatable bonds is 5. The summed E-state index contributed by atoms with van der Waals surface area (Å²) in [5, 5.41) is 0. The van der Waals surface area contributed by atoms with E-state index in [0.29, 0.717) is 43.7 Å². The van der Waals surface area contributed by atoms with Crippen LogP contribution in [0.2, 0.25) is 0 Å². The van der Waals surface area contributed by atoms with Gasteiger partial charge in [-0.15, -0.1) is 0 Å². The normalized spacial score (nSPS) is 22.2. The molecule has 0 amide bonds. The molecule has 0 aliphatic heterocycles. The van der Waals surface area contributed by atoms with Crippen LogP contribution in [0.3, 0.4) is 0 Å². The summed E-state index contributed by atoms with van der Waals surface area (Å²) < 4.78 is 93.6. The second-order valence-electron chi connectivity index (χ2n) is 6.88. The van der Waals surface area contributed by atoms with Gasteiger partial charge in [0.15, 0.2) is 0 Å². The summed E-state index contributed by atoms with van der Waals surface area (Å²) >= 11 is 0. The highest BCUT2D eigenvalue weighted by Crippen LogP contribution is 2.42. The van der Waals surface area contributed by atoms with Crippen LogP contribution in [0.1, 0.15) is 56.6 Å². The molecule has 7 heteroatoms. The lowest BCUT2D eigenvalue weighted by Gasteiger charge is -2.33. The molecule has 1 aromatic carbocycles. The molecule has 1 fully saturated rings. The summed E-state index contributed by atoms with van der Waals surface area (Å²) in [7, 11) is 0. The predicted molar refractivity (Wildman–Crippen MR) is 80.4 cm³/mol. The molecule has 25 heavy (non-hydrogen) atoms. The van der Waals surface area contributed by atoms with Gasteiger partial charge in [0, 0.05) is 12.3 Å². The zero-order valence-corrected chi connectivity index (χ0v) is 13.9. The Morgan fingerprint density at radius 3 is 1.88 bits per heavy atom. The van der Waals surface area contributed by atoms with Crippen LogP contribution in [-0.4, -0.2) is 5.92 Å². The summed E-state index contributed by atoms with van der Waals surface area (Å²) in [4.78, 5) is 0. The van der Waals surface area contributed by atoms with Crippen LogP contribution in [0.4, 0.5) is 30.7 Å². The Labute approximate surface area is 142 Å². The van der Waals surface area contributed by atoms with Crippen LogP contribution in [-0.2, 0) is 12.6 Å². The highest BCUT2D eigenvalue weighted by atomic mass is 19.4. The molecule has 1 aliphatic rings. The molecule has 2 rings (SSSR count). The lowest BCUT2D eigenvalue weighted by atomic mass is 9.76. The maximum atomic E-state index is 14.4. The van der Waals surface area contributed by atoms with Crippen LogP contribution in [0.25, 0.3) is 0 Å². The third kappa shape index (κ3) is 4.88. The van der Waals surface area contributed by atoms with Crippen molar-refractivity contribution >= 4 is 0 Å². The minimum Gasteiger partial charge on any atom is -0.206 e. The molecule has 0 heterocycles. The van der Waals surface area contributed by atoms with Gasteiger partial charge in [0.2, 0.25) is 0 Å². The van der Waals surface area contributed by atoms with Gasteiger partial charge < -0.3 is 0 Å².